The topological polar surface area (TPSA) is 21.3 Å². The minimum absolute atomic E-state index is 0.392. The molecule has 0 amide bonds. The van der Waals surface area contributed by atoms with E-state index in [0.717, 1.165) is 12.3 Å². The van der Waals surface area contributed by atoms with Crippen LogP contribution in [0.5, 0.6) is 0 Å². The molecule has 2 atom stereocenters. The molecule has 0 aromatic rings. The van der Waals surface area contributed by atoms with Crippen LogP contribution in [0.25, 0.3) is 0 Å². The van der Waals surface area contributed by atoms with Crippen LogP contribution in [0.3, 0.4) is 0 Å². The van der Waals surface area contributed by atoms with Crippen molar-refractivity contribution in [3.63, 3.8) is 0 Å². The van der Waals surface area contributed by atoms with E-state index in [1.807, 2.05) is 0 Å². The predicted molar refractivity (Wildman–Crippen MR) is 51.3 cm³/mol. The summed E-state index contributed by atoms with van der Waals surface area (Å²) in [5.74, 6) is 0.910. The van der Waals surface area contributed by atoms with Crippen LogP contribution in [0.1, 0.15) is 32.6 Å². The zero-order valence-electron chi connectivity index (χ0n) is 8.47. The summed E-state index contributed by atoms with van der Waals surface area (Å²) >= 11 is 0. The maximum Gasteiger partial charge on any atom is 0.0558 e. The highest BCUT2D eigenvalue weighted by atomic mass is 16.5. The SMILES string of the molecule is CNC(CC(C)OC)C1CCC1. The van der Waals surface area contributed by atoms with E-state index in [1.165, 1.54) is 19.3 Å². The van der Waals surface area contributed by atoms with Crippen molar-refractivity contribution >= 4 is 0 Å². The zero-order chi connectivity index (χ0) is 8.97. The fourth-order valence-corrected chi connectivity index (χ4v) is 1.84. The van der Waals surface area contributed by atoms with Crippen LogP contribution < -0.4 is 5.32 Å². The van der Waals surface area contributed by atoms with E-state index in [2.05, 4.69) is 19.3 Å². The van der Waals surface area contributed by atoms with Crippen molar-refractivity contribution in [2.45, 2.75) is 44.8 Å². The van der Waals surface area contributed by atoms with Crippen molar-refractivity contribution in [2.75, 3.05) is 14.2 Å². The van der Waals surface area contributed by atoms with Gasteiger partial charge in [0.05, 0.1) is 6.10 Å². The summed E-state index contributed by atoms with van der Waals surface area (Å²) in [7, 11) is 3.85. The summed E-state index contributed by atoms with van der Waals surface area (Å²) in [6.45, 7) is 2.14. The Labute approximate surface area is 75.7 Å². The zero-order valence-corrected chi connectivity index (χ0v) is 8.47. The fourth-order valence-electron chi connectivity index (χ4n) is 1.84. The second kappa shape index (κ2) is 4.83. The molecule has 2 heteroatoms. The van der Waals surface area contributed by atoms with Crippen LogP contribution in [-0.2, 0) is 4.74 Å². The molecule has 0 aliphatic heterocycles. The minimum Gasteiger partial charge on any atom is -0.382 e. The smallest absolute Gasteiger partial charge is 0.0558 e. The van der Waals surface area contributed by atoms with Gasteiger partial charge in [-0.3, -0.25) is 0 Å². The Morgan fingerprint density at radius 2 is 2.17 bits per heavy atom. The molecule has 0 saturated heterocycles. The average Bonchev–Trinajstić information content (AvgIpc) is 1.99. The molecule has 0 radical (unpaired) electrons. The van der Waals surface area contributed by atoms with Crippen LogP contribution in [0.15, 0.2) is 0 Å². The highest BCUT2D eigenvalue weighted by Crippen LogP contribution is 2.31. The molecule has 2 nitrogen and oxygen atoms in total. The number of methoxy groups -OCH3 is 1. The summed E-state index contributed by atoms with van der Waals surface area (Å²) in [5, 5.41) is 3.39. The number of nitrogens with one attached hydrogen (secondary N) is 1. The molecule has 0 aromatic heterocycles. The van der Waals surface area contributed by atoms with Crippen LogP contribution >= 0.6 is 0 Å². The number of ether oxygens (including phenoxy) is 1. The van der Waals surface area contributed by atoms with Gasteiger partial charge in [-0.1, -0.05) is 6.42 Å². The Morgan fingerprint density at radius 3 is 2.50 bits per heavy atom. The summed E-state index contributed by atoms with van der Waals surface area (Å²) in [6.07, 6.45) is 5.77. The first-order chi connectivity index (χ1) is 5.77. The first-order valence-electron chi connectivity index (χ1n) is 4.98. The summed E-state index contributed by atoms with van der Waals surface area (Å²) in [6, 6.07) is 0.675. The molecular formula is C10H21NO. The first kappa shape index (κ1) is 10.0. The van der Waals surface area contributed by atoms with Gasteiger partial charge in [-0.15, -0.1) is 0 Å². The largest absolute Gasteiger partial charge is 0.382 e. The monoisotopic (exact) mass is 171 g/mol. The van der Waals surface area contributed by atoms with Crippen molar-refractivity contribution in [1.29, 1.82) is 0 Å². The van der Waals surface area contributed by atoms with Crippen molar-refractivity contribution < 1.29 is 4.74 Å². The van der Waals surface area contributed by atoms with Gasteiger partial charge in [-0.25, -0.2) is 0 Å². The Hall–Kier alpha value is -0.0800. The molecule has 1 N–H and O–H groups in total. The summed E-state index contributed by atoms with van der Waals surface area (Å²) in [4.78, 5) is 0. The second-order valence-corrected chi connectivity index (χ2v) is 3.87. The molecule has 1 rings (SSSR count). The van der Waals surface area contributed by atoms with Gasteiger partial charge in [0, 0.05) is 13.2 Å². The van der Waals surface area contributed by atoms with E-state index in [1.54, 1.807) is 7.11 Å². The van der Waals surface area contributed by atoms with E-state index < -0.39 is 0 Å². The lowest BCUT2D eigenvalue weighted by Crippen LogP contribution is -2.39. The van der Waals surface area contributed by atoms with Crippen molar-refractivity contribution in [3.8, 4) is 0 Å². The molecule has 1 aliphatic carbocycles. The van der Waals surface area contributed by atoms with Gasteiger partial charge in [-0.05, 0) is 39.2 Å². The van der Waals surface area contributed by atoms with Crippen molar-refractivity contribution in [3.05, 3.63) is 0 Å². The van der Waals surface area contributed by atoms with Crippen LogP contribution in [0.4, 0.5) is 0 Å². The van der Waals surface area contributed by atoms with E-state index in [4.69, 9.17) is 4.74 Å². The van der Waals surface area contributed by atoms with Crippen molar-refractivity contribution in [2.24, 2.45) is 5.92 Å². The molecule has 0 heterocycles. The van der Waals surface area contributed by atoms with Crippen LogP contribution in [-0.4, -0.2) is 26.3 Å². The van der Waals surface area contributed by atoms with Gasteiger partial charge >= 0.3 is 0 Å². The fraction of sp³-hybridized carbons (Fsp3) is 1.00. The Bertz CT molecular complexity index is 123. The van der Waals surface area contributed by atoms with Crippen LogP contribution in [0.2, 0.25) is 0 Å². The van der Waals surface area contributed by atoms with E-state index in [0.29, 0.717) is 12.1 Å². The molecule has 12 heavy (non-hydrogen) atoms. The minimum atomic E-state index is 0.392. The predicted octanol–water partition coefficient (Wildman–Crippen LogP) is 1.80. The maximum absolute atomic E-state index is 5.26. The lowest BCUT2D eigenvalue weighted by molar-refractivity contribution is 0.0833. The van der Waals surface area contributed by atoms with Gasteiger partial charge in [0.15, 0.2) is 0 Å². The van der Waals surface area contributed by atoms with Gasteiger partial charge in [0.1, 0.15) is 0 Å². The summed E-state index contributed by atoms with van der Waals surface area (Å²) in [5.41, 5.74) is 0. The Morgan fingerprint density at radius 1 is 1.50 bits per heavy atom. The standard InChI is InChI=1S/C10H21NO/c1-8(12-3)7-10(11-2)9-5-4-6-9/h8-11H,4-7H2,1-3H3. The van der Waals surface area contributed by atoms with Crippen molar-refractivity contribution in [1.82, 2.24) is 5.32 Å². The molecule has 0 spiro atoms. The highest BCUT2D eigenvalue weighted by Gasteiger charge is 2.26. The Kier molecular flexibility index (Phi) is 4.02. The highest BCUT2D eigenvalue weighted by molar-refractivity contribution is 4.82. The third-order valence-electron chi connectivity index (χ3n) is 3.08. The number of hydrogen-bond acceptors (Lipinski definition) is 2. The van der Waals surface area contributed by atoms with Crippen LogP contribution in [0, 0.1) is 5.92 Å². The number of rotatable bonds is 5. The molecule has 72 valence electrons. The lowest BCUT2D eigenvalue weighted by atomic mass is 9.78. The van der Waals surface area contributed by atoms with Gasteiger partial charge in [-0.2, -0.15) is 0 Å². The third kappa shape index (κ3) is 2.46. The summed E-state index contributed by atoms with van der Waals surface area (Å²) < 4.78 is 5.26. The molecule has 1 aliphatic rings. The van der Waals surface area contributed by atoms with E-state index in [9.17, 15) is 0 Å². The van der Waals surface area contributed by atoms with Gasteiger partial charge < -0.3 is 10.1 Å². The quantitative estimate of drug-likeness (QED) is 0.681. The van der Waals surface area contributed by atoms with E-state index in [-0.39, 0.29) is 0 Å². The molecule has 0 bridgehead atoms. The molecule has 1 saturated carbocycles. The van der Waals surface area contributed by atoms with Gasteiger partial charge in [0.25, 0.3) is 0 Å². The van der Waals surface area contributed by atoms with E-state index >= 15 is 0 Å². The average molecular weight is 171 g/mol. The first-order valence-corrected chi connectivity index (χ1v) is 4.98. The third-order valence-corrected chi connectivity index (χ3v) is 3.08. The molecular weight excluding hydrogens is 150 g/mol. The maximum atomic E-state index is 5.26. The molecule has 0 aromatic carbocycles. The molecule has 2 unspecified atom stereocenters. The lowest BCUT2D eigenvalue weighted by Gasteiger charge is -2.34. The second-order valence-electron chi connectivity index (χ2n) is 3.87. The number of hydrogen-bond donors (Lipinski definition) is 1. The normalized spacial score (nSPS) is 23.2. The van der Waals surface area contributed by atoms with Gasteiger partial charge in [0.2, 0.25) is 0 Å². The Balaban J connectivity index is 2.24. The molecule has 1 fully saturated rings.